The normalized spacial score (nSPS) is 23.3. The minimum atomic E-state index is -0.743. The second-order valence-corrected chi connectivity index (χ2v) is 22.2. The molecule has 0 saturated heterocycles. The van der Waals surface area contributed by atoms with Crippen molar-refractivity contribution in [1.29, 1.82) is 0 Å². The van der Waals surface area contributed by atoms with Crippen molar-refractivity contribution in [2.24, 2.45) is 11.8 Å². The highest BCUT2D eigenvalue weighted by molar-refractivity contribution is 6.14. The molecule has 10 aromatic rings. The second kappa shape index (κ2) is 15.3. The summed E-state index contributed by atoms with van der Waals surface area (Å²) in [6.07, 6.45) is 5.98. The fourth-order valence-electron chi connectivity index (χ4n) is 16.0. The topological polar surface area (TPSA) is 42.0 Å². The Morgan fingerprint density at radius 1 is 0.541 bits per heavy atom. The molecule has 1 fully saturated rings. The molecule has 2 aliphatic heterocycles. The van der Waals surface area contributed by atoms with E-state index in [0.717, 1.165) is 80.4 Å². The van der Waals surface area contributed by atoms with Crippen LogP contribution in [0.4, 0.5) is 28.4 Å². The summed E-state index contributed by atoms with van der Waals surface area (Å²) in [7, 11) is 0. The number of nitrogens with zero attached hydrogens (tertiary/aromatic N) is 2. The maximum Gasteiger partial charge on any atom is 0.137 e. The minimum Gasteiger partial charge on any atom is -0.460 e. The molecule has 5 heteroatoms. The van der Waals surface area contributed by atoms with Gasteiger partial charge in [0.25, 0.3) is 0 Å². The molecule has 2 aromatic heterocycles. The summed E-state index contributed by atoms with van der Waals surface area (Å²) in [5, 5.41) is 3.36. The van der Waals surface area contributed by atoms with Gasteiger partial charge in [0.05, 0.1) is 22.0 Å². The summed E-state index contributed by atoms with van der Waals surface area (Å²) in [5.41, 5.74) is 20.6. The summed E-state index contributed by atoms with van der Waals surface area (Å²) in [6.45, 7) is 10.0. The lowest BCUT2D eigenvalue weighted by molar-refractivity contribution is 0.391. The number of fused-ring (bicyclic) bond motifs is 11. The number of rotatable bonds is 5. The molecule has 1 saturated carbocycles. The largest absolute Gasteiger partial charge is 0.460 e. The van der Waals surface area contributed by atoms with Crippen LogP contribution in [0.15, 0.2) is 208 Å². The Hall–Kier alpha value is -8.02. The standard InChI is InChI=1S/C69H56N2O3/c1-40-60-41(2)66-65(50-28-15-18-32-56(50)73-66)68(4)63(60)42(3)64-61(40)48-27-14-16-29-52(48)69(64)53-30-17-19-33-57(53)74-67-51(43-21-8-5-9-22-43)37-47(38-54(67)69)71(68)55-31-20-34-58-62(55)49-36-35-46(39-59(49)72-58)70(44-23-10-6-11-24-44)45-25-12-7-13-26-45/h6-7,10-20,23-43H,5,8-9,21-22H2,1-4H3. The number of benzene rings is 8. The molecule has 0 amide bonds. The van der Waals surface area contributed by atoms with Crippen molar-refractivity contribution < 1.29 is 13.6 Å². The van der Waals surface area contributed by atoms with E-state index in [4.69, 9.17) is 13.6 Å². The zero-order valence-electron chi connectivity index (χ0n) is 42.3. The van der Waals surface area contributed by atoms with E-state index < -0.39 is 11.0 Å². The van der Waals surface area contributed by atoms with E-state index in [1.54, 1.807) is 0 Å². The van der Waals surface area contributed by atoms with Gasteiger partial charge in [0.1, 0.15) is 34.0 Å². The third-order valence-corrected chi connectivity index (χ3v) is 18.6. The predicted octanol–water partition coefficient (Wildman–Crippen LogP) is 18.8. The number of allylic oxidation sites excluding steroid dienone is 3. The van der Waals surface area contributed by atoms with Gasteiger partial charge in [-0.05, 0) is 126 Å². The first kappa shape index (κ1) is 42.5. The van der Waals surface area contributed by atoms with Gasteiger partial charge < -0.3 is 23.4 Å². The first-order valence-corrected chi connectivity index (χ1v) is 27.1. The van der Waals surface area contributed by atoms with Crippen molar-refractivity contribution in [2.75, 3.05) is 9.80 Å². The van der Waals surface area contributed by atoms with Crippen LogP contribution in [0, 0.1) is 11.8 Å². The molecule has 5 unspecified atom stereocenters. The number of hydrogen-bond donors (Lipinski definition) is 0. The van der Waals surface area contributed by atoms with Gasteiger partial charge in [0, 0.05) is 79.6 Å². The molecule has 16 rings (SSSR count). The Morgan fingerprint density at radius 3 is 2.04 bits per heavy atom. The Morgan fingerprint density at radius 2 is 1.24 bits per heavy atom. The molecule has 0 radical (unpaired) electrons. The highest BCUT2D eigenvalue weighted by atomic mass is 16.5. The maximum absolute atomic E-state index is 7.51. The number of ether oxygens (including phenoxy) is 1. The van der Waals surface area contributed by atoms with Crippen LogP contribution in [-0.2, 0) is 11.0 Å². The molecule has 5 nitrogen and oxygen atoms in total. The van der Waals surface area contributed by atoms with Gasteiger partial charge in [-0.3, -0.25) is 0 Å². The van der Waals surface area contributed by atoms with Crippen molar-refractivity contribution in [3.63, 3.8) is 0 Å². The number of anilines is 5. The van der Waals surface area contributed by atoms with Crippen LogP contribution < -0.4 is 14.5 Å². The molecule has 1 spiro atoms. The molecule has 4 bridgehead atoms. The molecule has 0 N–H and O–H groups in total. The first-order chi connectivity index (χ1) is 36.4. The van der Waals surface area contributed by atoms with Crippen LogP contribution in [0.2, 0.25) is 0 Å². The van der Waals surface area contributed by atoms with Gasteiger partial charge in [-0.15, -0.1) is 0 Å². The Bertz CT molecular complexity index is 4040. The zero-order chi connectivity index (χ0) is 49.2. The fraction of sp³-hybridized carbons (Fsp3) is 0.217. The Kier molecular flexibility index (Phi) is 8.77. The van der Waals surface area contributed by atoms with Gasteiger partial charge in [0.15, 0.2) is 0 Å². The molecular weight excluding hydrogens is 905 g/mol. The zero-order valence-corrected chi connectivity index (χ0v) is 42.3. The Balaban J connectivity index is 1.05. The average molecular weight is 961 g/mol. The van der Waals surface area contributed by atoms with Gasteiger partial charge in [-0.25, -0.2) is 0 Å². The lowest BCUT2D eigenvalue weighted by Crippen LogP contribution is -2.49. The molecule has 360 valence electrons. The smallest absolute Gasteiger partial charge is 0.137 e. The average Bonchev–Trinajstić information content (AvgIpc) is 4.13. The summed E-state index contributed by atoms with van der Waals surface area (Å²) in [5.74, 6) is 3.61. The van der Waals surface area contributed by atoms with Crippen molar-refractivity contribution in [2.45, 2.75) is 82.6 Å². The number of furan rings is 2. The van der Waals surface area contributed by atoms with E-state index in [0.29, 0.717) is 5.92 Å². The summed E-state index contributed by atoms with van der Waals surface area (Å²) >= 11 is 0. The SMILES string of the molecule is CC1C2=C3C(C)C4=C1C(C)c1oc5ccccc5c1C4(C)N(c1cccc4oc5cc(N(c6ccccc6)c6ccccc6)ccc5c14)c1cc(C4CCCCC4)c4c(c1)C3(c1ccccc1O4)c1ccccc12. The van der Waals surface area contributed by atoms with Crippen molar-refractivity contribution >= 4 is 66.9 Å². The predicted molar refractivity (Wildman–Crippen MR) is 300 cm³/mol. The van der Waals surface area contributed by atoms with Crippen LogP contribution in [0.5, 0.6) is 11.5 Å². The number of hydrogen-bond acceptors (Lipinski definition) is 5. The quantitative estimate of drug-likeness (QED) is 0.161. The third-order valence-electron chi connectivity index (χ3n) is 18.6. The van der Waals surface area contributed by atoms with Crippen LogP contribution in [0.25, 0.3) is 38.5 Å². The van der Waals surface area contributed by atoms with E-state index >= 15 is 0 Å². The van der Waals surface area contributed by atoms with Gasteiger partial charge in [-0.1, -0.05) is 149 Å². The molecule has 6 aliphatic rings. The maximum atomic E-state index is 7.51. The molecule has 5 atom stereocenters. The number of para-hydroxylation sites is 4. The monoisotopic (exact) mass is 960 g/mol. The molecule has 4 aliphatic carbocycles. The summed E-state index contributed by atoms with van der Waals surface area (Å²) in [6, 6.07) is 67.2. The Labute approximate surface area is 432 Å². The lowest BCUT2D eigenvalue weighted by atomic mass is 9.55. The van der Waals surface area contributed by atoms with E-state index in [1.165, 1.54) is 86.0 Å². The fourth-order valence-corrected chi connectivity index (χ4v) is 16.0. The van der Waals surface area contributed by atoms with Gasteiger partial charge in [0.2, 0.25) is 0 Å². The van der Waals surface area contributed by atoms with E-state index in [2.05, 4.69) is 219 Å². The molecule has 4 heterocycles. The van der Waals surface area contributed by atoms with Crippen LogP contribution >= 0.6 is 0 Å². The molecule has 8 aromatic carbocycles. The van der Waals surface area contributed by atoms with Crippen molar-refractivity contribution in [3.05, 3.63) is 238 Å². The first-order valence-electron chi connectivity index (χ1n) is 27.1. The van der Waals surface area contributed by atoms with Crippen LogP contribution in [0.3, 0.4) is 0 Å². The van der Waals surface area contributed by atoms with Crippen molar-refractivity contribution in [1.82, 2.24) is 0 Å². The van der Waals surface area contributed by atoms with E-state index in [9.17, 15) is 0 Å². The van der Waals surface area contributed by atoms with Crippen molar-refractivity contribution in [3.8, 4) is 11.5 Å². The second-order valence-electron chi connectivity index (χ2n) is 22.2. The van der Waals surface area contributed by atoms with Crippen LogP contribution in [-0.4, -0.2) is 0 Å². The van der Waals surface area contributed by atoms with Crippen LogP contribution in [0.1, 0.15) is 111 Å². The molecule has 74 heavy (non-hydrogen) atoms. The van der Waals surface area contributed by atoms with E-state index in [1.807, 2.05) is 0 Å². The summed E-state index contributed by atoms with van der Waals surface area (Å²) in [4.78, 5) is 5.08. The third kappa shape index (κ3) is 5.34. The minimum absolute atomic E-state index is 0.0246. The highest BCUT2D eigenvalue weighted by Crippen LogP contribution is 2.72. The van der Waals surface area contributed by atoms with Gasteiger partial charge in [-0.2, -0.15) is 0 Å². The molecular formula is C69H56N2O3. The highest BCUT2D eigenvalue weighted by Gasteiger charge is 2.62. The van der Waals surface area contributed by atoms with Gasteiger partial charge >= 0.3 is 0 Å². The lowest BCUT2D eigenvalue weighted by Gasteiger charge is -2.53. The van der Waals surface area contributed by atoms with E-state index in [-0.39, 0.29) is 17.8 Å². The summed E-state index contributed by atoms with van der Waals surface area (Å²) < 4.78 is 22.0.